The quantitative estimate of drug-likeness (QED) is 0.329. The summed E-state index contributed by atoms with van der Waals surface area (Å²) >= 11 is 6.04. The fraction of sp³-hybridized carbons (Fsp3) is 0.423. The topological polar surface area (TPSA) is 112 Å². The van der Waals surface area contributed by atoms with E-state index in [0.29, 0.717) is 35.4 Å². The summed E-state index contributed by atoms with van der Waals surface area (Å²) in [7, 11) is 0. The molecule has 4 aliphatic carbocycles. The van der Waals surface area contributed by atoms with Crippen molar-refractivity contribution in [3.8, 4) is 11.5 Å². The minimum atomic E-state index is -0.565. The van der Waals surface area contributed by atoms with Crippen LogP contribution in [0.5, 0.6) is 11.5 Å². The number of carbonyl (C=O) groups excluding carboxylic acids is 1. The number of aryl methyl sites for hydroxylation is 1. The summed E-state index contributed by atoms with van der Waals surface area (Å²) in [6.07, 6.45) is 6.98. The van der Waals surface area contributed by atoms with Crippen LogP contribution in [-0.2, 0) is 10.3 Å². The maximum Gasteiger partial charge on any atom is 0.275 e. The third-order valence-electron chi connectivity index (χ3n) is 8.14. The van der Waals surface area contributed by atoms with Crippen molar-refractivity contribution in [3.05, 3.63) is 69.8 Å². The number of hydrogen-bond acceptors (Lipinski definition) is 6. The lowest BCUT2D eigenvalue weighted by Gasteiger charge is -2.60. The summed E-state index contributed by atoms with van der Waals surface area (Å²) in [4.78, 5) is 29.1. The van der Waals surface area contributed by atoms with Crippen LogP contribution in [0.4, 0.5) is 11.4 Å². The molecule has 0 saturated heterocycles. The van der Waals surface area contributed by atoms with E-state index < -0.39 is 10.3 Å². The van der Waals surface area contributed by atoms with E-state index in [1.165, 1.54) is 12.1 Å². The van der Waals surface area contributed by atoms with Gasteiger partial charge in [0, 0.05) is 12.1 Å². The van der Waals surface area contributed by atoms with Gasteiger partial charge in [0.15, 0.2) is 0 Å². The second-order valence-electron chi connectivity index (χ2n) is 10.7. The van der Waals surface area contributed by atoms with Gasteiger partial charge in [-0.3, -0.25) is 14.9 Å². The Labute approximate surface area is 213 Å². The van der Waals surface area contributed by atoms with Crippen LogP contribution in [0.1, 0.15) is 44.1 Å². The van der Waals surface area contributed by atoms with Crippen LogP contribution >= 0.6 is 11.6 Å². The molecule has 4 aliphatic rings. The fourth-order valence-corrected chi connectivity index (χ4v) is 7.23. The fourth-order valence-electron chi connectivity index (χ4n) is 7.10. The molecule has 9 nitrogen and oxygen atoms in total. The number of nitro groups is 1. The predicted molar refractivity (Wildman–Crippen MR) is 133 cm³/mol. The first kappa shape index (κ1) is 23.0. The maximum absolute atomic E-state index is 13.9. The Morgan fingerprint density at radius 1 is 1.19 bits per heavy atom. The number of anilines is 1. The molecule has 0 radical (unpaired) electrons. The van der Waals surface area contributed by atoms with Gasteiger partial charge in [0.05, 0.1) is 27.6 Å². The highest BCUT2D eigenvalue weighted by molar-refractivity contribution is 6.28. The zero-order valence-electron chi connectivity index (χ0n) is 19.8. The van der Waals surface area contributed by atoms with Crippen molar-refractivity contribution < 1.29 is 14.5 Å². The molecule has 186 valence electrons. The van der Waals surface area contributed by atoms with Crippen molar-refractivity contribution in [2.24, 2.45) is 17.3 Å². The van der Waals surface area contributed by atoms with Crippen molar-refractivity contribution in [3.63, 3.8) is 0 Å². The number of nitro benzene ring substituents is 1. The number of non-ortho nitro benzene ring substituents is 1. The van der Waals surface area contributed by atoms with E-state index in [4.69, 9.17) is 16.3 Å². The van der Waals surface area contributed by atoms with E-state index in [2.05, 4.69) is 15.4 Å². The van der Waals surface area contributed by atoms with Crippen LogP contribution in [0.25, 0.3) is 0 Å². The lowest BCUT2D eigenvalue weighted by molar-refractivity contribution is -0.384. The van der Waals surface area contributed by atoms with Gasteiger partial charge in [0.25, 0.3) is 5.69 Å². The lowest BCUT2D eigenvalue weighted by Crippen LogP contribution is -2.60. The van der Waals surface area contributed by atoms with Gasteiger partial charge in [0.2, 0.25) is 11.2 Å². The molecule has 0 spiro atoms. The number of amides is 1. The summed E-state index contributed by atoms with van der Waals surface area (Å²) in [5, 5.41) is 19.3. The number of nitrogens with one attached hydrogen (secondary N) is 1. The number of para-hydroxylation sites is 1. The number of aromatic nitrogens is 3. The highest BCUT2D eigenvalue weighted by Crippen LogP contribution is 2.64. The maximum atomic E-state index is 13.9. The summed E-state index contributed by atoms with van der Waals surface area (Å²) in [5.41, 5.74) is 0.275. The average Bonchev–Trinajstić information content (AvgIpc) is 3.27. The molecule has 1 N–H and O–H groups in total. The third kappa shape index (κ3) is 3.91. The first-order valence-electron chi connectivity index (χ1n) is 12.2. The van der Waals surface area contributed by atoms with Gasteiger partial charge in [-0.1, -0.05) is 18.2 Å². The van der Waals surface area contributed by atoms with Gasteiger partial charge >= 0.3 is 0 Å². The Kier molecular flexibility index (Phi) is 5.29. The molecule has 10 heteroatoms. The highest BCUT2D eigenvalue weighted by Gasteiger charge is 2.61. The second kappa shape index (κ2) is 8.30. The standard InChI is InChI=1S/C26H26ClN5O4/c1-16-4-2-3-5-22(16)36-21-8-19(7-20(9-21)32(34)35)29-23(33)25-10-17-6-18(11-25)13-26(12-17,14-25)31-15-28-24(27)30-31/h2-5,7-9,15,17-18H,6,10-14H2,1H3,(H,29,33). The Hall–Kier alpha value is -3.46. The number of hydrogen-bond donors (Lipinski definition) is 1. The molecular weight excluding hydrogens is 482 g/mol. The summed E-state index contributed by atoms with van der Waals surface area (Å²) < 4.78 is 7.83. The van der Waals surface area contributed by atoms with Gasteiger partial charge in [-0.25, -0.2) is 9.67 Å². The van der Waals surface area contributed by atoms with Crippen LogP contribution < -0.4 is 10.1 Å². The highest BCUT2D eigenvalue weighted by atomic mass is 35.5. The van der Waals surface area contributed by atoms with Crippen LogP contribution in [0.3, 0.4) is 0 Å². The Morgan fingerprint density at radius 3 is 2.61 bits per heavy atom. The molecule has 1 aromatic heterocycles. The van der Waals surface area contributed by atoms with Gasteiger partial charge in [-0.2, -0.15) is 0 Å². The Bertz CT molecular complexity index is 1360. The molecule has 4 bridgehead atoms. The van der Waals surface area contributed by atoms with E-state index in [9.17, 15) is 14.9 Å². The van der Waals surface area contributed by atoms with Gasteiger partial charge in [-0.15, -0.1) is 5.10 Å². The summed E-state index contributed by atoms with van der Waals surface area (Å²) in [5.74, 6) is 1.64. The zero-order valence-corrected chi connectivity index (χ0v) is 20.6. The SMILES string of the molecule is Cc1ccccc1Oc1cc(NC(=O)C23CC4CC(C2)CC(n2cnc(Cl)n2)(C4)C3)cc([N+](=O)[O-])c1. The van der Waals surface area contributed by atoms with Crippen molar-refractivity contribution in [1.82, 2.24) is 14.8 Å². The molecule has 0 aliphatic heterocycles. The lowest BCUT2D eigenvalue weighted by atomic mass is 9.46. The molecule has 36 heavy (non-hydrogen) atoms. The second-order valence-corrected chi connectivity index (χ2v) is 11.1. The van der Waals surface area contributed by atoms with Crippen molar-refractivity contribution in [1.29, 1.82) is 0 Å². The van der Waals surface area contributed by atoms with Crippen LogP contribution in [0, 0.1) is 34.3 Å². The van der Waals surface area contributed by atoms with Gasteiger partial charge in [0.1, 0.15) is 17.8 Å². The van der Waals surface area contributed by atoms with E-state index >= 15 is 0 Å². The number of rotatable bonds is 6. The first-order valence-corrected chi connectivity index (χ1v) is 12.5. The molecule has 2 aromatic carbocycles. The summed E-state index contributed by atoms with van der Waals surface area (Å²) in [6.45, 7) is 1.90. The Morgan fingerprint density at radius 2 is 1.94 bits per heavy atom. The average molecular weight is 508 g/mol. The number of benzene rings is 2. The van der Waals surface area contributed by atoms with Crippen molar-refractivity contribution >= 4 is 28.9 Å². The van der Waals surface area contributed by atoms with Crippen LogP contribution in [0.2, 0.25) is 5.28 Å². The first-order chi connectivity index (χ1) is 17.2. The smallest absolute Gasteiger partial charge is 0.275 e. The summed E-state index contributed by atoms with van der Waals surface area (Å²) in [6, 6.07) is 11.8. The van der Waals surface area contributed by atoms with E-state index in [0.717, 1.165) is 37.7 Å². The largest absolute Gasteiger partial charge is 0.457 e. The molecular formula is C26H26ClN5O4. The molecule has 3 aromatic rings. The van der Waals surface area contributed by atoms with Gasteiger partial charge < -0.3 is 10.1 Å². The molecule has 1 amide bonds. The Balaban J connectivity index is 1.30. The monoisotopic (exact) mass is 507 g/mol. The molecule has 1 heterocycles. The van der Waals surface area contributed by atoms with Gasteiger partial charge in [-0.05, 0) is 80.5 Å². The number of halogens is 1. The minimum absolute atomic E-state index is 0.102. The third-order valence-corrected chi connectivity index (χ3v) is 8.32. The number of nitrogens with zero attached hydrogens (tertiary/aromatic N) is 4. The van der Waals surface area contributed by atoms with Crippen LogP contribution in [-0.4, -0.2) is 25.6 Å². The molecule has 4 fully saturated rings. The van der Waals surface area contributed by atoms with Crippen LogP contribution in [0.15, 0.2) is 48.8 Å². The van der Waals surface area contributed by atoms with Crippen molar-refractivity contribution in [2.75, 3.05) is 5.32 Å². The molecule has 7 rings (SSSR count). The molecule has 2 unspecified atom stereocenters. The van der Waals surface area contributed by atoms with E-state index in [-0.39, 0.29) is 22.4 Å². The minimum Gasteiger partial charge on any atom is -0.457 e. The normalized spacial score (nSPS) is 28.2. The van der Waals surface area contributed by atoms with E-state index in [1.807, 2.05) is 29.8 Å². The predicted octanol–water partition coefficient (Wildman–Crippen LogP) is 5.87. The van der Waals surface area contributed by atoms with Crippen molar-refractivity contribution in [2.45, 2.75) is 51.0 Å². The number of carbonyl (C=O) groups is 1. The van der Waals surface area contributed by atoms with E-state index in [1.54, 1.807) is 18.5 Å². The molecule has 4 saturated carbocycles. The molecule has 2 atom stereocenters. The zero-order chi connectivity index (χ0) is 25.1. The number of ether oxygens (including phenoxy) is 1.